The lowest BCUT2D eigenvalue weighted by molar-refractivity contribution is 0.172. The van der Waals surface area contributed by atoms with Crippen LogP contribution in [0, 0.1) is 5.92 Å². The molecule has 1 aromatic carbocycles. The zero-order chi connectivity index (χ0) is 22.1. The molecule has 2 fully saturated rings. The lowest BCUT2D eigenvalue weighted by Gasteiger charge is -2.38. The lowest BCUT2D eigenvalue weighted by atomic mass is 9.99. The molecule has 2 aromatic heterocycles. The first-order valence-corrected chi connectivity index (χ1v) is 12.4. The molecule has 0 saturated carbocycles. The van der Waals surface area contributed by atoms with Crippen LogP contribution in [0.3, 0.4) is 0 Å². The van der Waals surface area contributed by atoms with Crippen LogP contribution in [0.25, 0.3) is 10.8 Å². The average Bonchev–Trinajstić information content (AvgIpc) is 3.14. The third-order valence-electron chi connectivity index (χ3n) is 6.31. The predicted molar refractivity (Wildman–Crippen MR) is 121 cm³/mol. The Morgan fingerprint density at radius 1 is 1.00 bits per heavy atom. The zero-order valence-electron chi connectivity index (χ0n) is 17.9. The number of hydrogen-bond donors (Lipinski definition) is 0. The van der Waals surface area contributed by atoms with E-state index in [0.29, 0.717) is 45.1 Å². The van der Waals surface area contributed by atoms with Crippen LogP contribution in [0.15, 0.2) is 58.2 Å². The molecule has 2 aliphatic rings. The fraction of sp³-hybridized carbons (Fsp3) is 0.435. The maximum absolute atomic E-state index is 12.5. The highest BCUT2D eigenvalue weighted by Gasteiger charge is 2.35. The van der Waals surface area contributed by atoms with Crippen LogP contribution in [-0.2, 0) is 16.8 Å². The number of ether oxygens (including phenoxy) is 1. The number of benzene rings is 1. The van der Waals surface area contributed by atoms with E-state index in [0.717, 1.165) is 30.0 Å². The molecule has 0 spiro atoms. The van der Waals surface area contributed by atoms with Crippen molar-refractivity contribution in [1.82, 2.24) is 13.2 Å². The van der Waals surface area contributed by atoms with E-state index in [2.05, 4.69) is 0 Å². The van der Waals surface area contributed by atoms with Crippen LogP contribution in [0.2, 0.25) is 0 Å². The zero-order valence-corrected chi connectivity index (χ0v) is 18.7. The van der Waals surface area contributed by atoms with E-state index in [9.17, 15) is 13.2 Å². The highest BCUT2D eigenvalue weighted by molar-refractivity contribution is 7.86. The van der Waals surface area contributed by atoms with Crippen molar-refractivity contribution in [2.75, 3.05) is 32.8 Å². The minimum atomic E-state index is -3.30. The molecule has 0 radical (unpaired) electrons. The summed E-state index contributed by atoms with van der Waals surface area (Å²) in [5.74, 6) is 0.971. The fourth-order valence-electron chi connectivity index (χ4n) is 4.23. The number of hydrogen-bond acceptors (Lipinski definition) is 5. The lowest BCUT2D eigenvalue weighted by Crippen LogP contribution is -2.52. The Balaban J connectivity index is 1.15. The van der Waals surface area contributed by atoms with Gasteiger partial charge in [0.15, 0.2) is 0 Å². The minimum Gasteiger partial charge on any atom is -0.486 e. The summed E-state index contributed by atoms with van der Waals surface area (Å²) in [5, 5.41) is 2.28. The molecular formula is C23H27N3O5S. The monoisotopic (exact) mass is 457 g/mol. The third kappa shape index (κ3) is 4.32. The highest BCUT2D eigenvalue weighted by Crippen LogP contribution is 2.24. The second-order valence-electron chi connectivity index (χ2n) is 8.55. The van der Waals surface area contributed by atoms with Crippen LogP contribution < -0.4 is 10.2 Å². The van der Waals surface area contributed by atoms with E-state index >= 15 is 0 Å². The van der Waals surface area contributed by atoms with Gasteiger partial charge in [-0.1, -0.05) is 24.3 Å². The van der Waals surface area contributed by atoms with Gasteiger partial charge in [-0.05, 0) is 36.0 Å². The van der Waals surface area contributed by atoms with Gasteiger partial charge in [0.2, 0.25) is 11.2 Å². The predicted octanol–water partition coefficient (Wildman–Crippen LogP) is 2.68. The minimum absolute atomic E-state index is 0.196. The molecule has 3 aromatic rings. The first kappa shape index (κ1) is 21.2. The number of nitrogens with zero attached hydrogens (tertiary/aromatic N) is 3. The Labute approximate surface area is 187 Å². The van der Waals surface area contributed by atoms with Gasteiger partial charge < -0.3 is 13.7 Å². The molecule has 4 heterocycles. The molecule has 0 atom stereocenters. The van der Waals surface area contributed by atoms with E-state index in [-0.39, 0.29) is 17.1 Å². The maximum atomic E-state index is 12.5. The van der Waals surface area contributed by atoms with Crippen molar-refractivity contribution in [3.8, 4) is 5.75 Å². The molecule has 9 heteroatoms. The van der Waals surface area contributed by atoms with Gasteiger partial charge in [0.1, 0.15) is 12.0 Å². The molecule has 0 unspecified atom stereocenters. The van der Waals surface area contributed by atoms with Crippen molar-refractivity contribution < 1.29 is 17.6 Å². The van der Waals surface area contributed by atoms with E-state index in [1.165, 1.54) is 16.6 Å². The first-order valence-electron chi connectivity index (χ1n) is 11.0. The highest BCUT2D eigenvalue weighted by atomic mass is 32.2. The summed E-state index contributed by atoms with van der Waals surface area (Å²) >= 11 is 0. The van der Waals surface area contributed by atoms with E-state index < -0.39 is 10.2 Å². The van der Waals surface area contributed by atoms with Gasteiger partial charge in [-0.25, -0.2) is 0 Å². The summed E-state index contributed by atoms with van der Waals surface area (Å²) in [6.45, 7) is 3.08. The number of fused-ring (bicyclic) bond motifs is 1. The smallest absolute Gasteiger partial charge is 0.281 e. The van der Waals surface area contributed by atoms with Crippen molar-refractivity contribution in [3.05, 3.63) is 65.0 Å². The Hall–Kier alpha value is -2.62. The van der Waals surface area contributed by atoms with Crippen LogP contribution in [0.5, 0.6) is 5.75 Å². The largest absolute Gasteiger partial charge is 0.486 e. The maximum Gasteiger partial charge on any atom is 0.281 e. The van der Waals surface area contributed by atoms with Gasteiger partial charge in [0, 0.05) is 44.6 Å². The van der Waals surface area contributed by atoms with Gasteiger partial charge in [0.25, 0.3) is 10.2 Å². The number of piperidine rings is 1. The summed E-state index contributed by atoms with van der Waals surface area (Å²) in [5.41, 5.74) is -0.208. The summed E-state index contributed by atoms with van der Waals surface area (Å²) < 4.78 is 41.4. The second kappa shape index (κ2) is 8.73. The normalized spacial score (nSPS) is 18.6. The Morgan fingerprint density at radius 3 is 2.25 bits per heavy atom. The Bertz CT molecular complexity index is 1220. The third-order valence-corrected chi connectivity index (χ3v) is 8.35. The van der Waals surface area contributed by atoms with Gasteiger partial charge in [-0.3, -0.25) is 4.79 Å². The van der Waals surface area contributed by atoms with Gasteiger partial charge in [-0.2, -0.15) is 17.0 Å². The molecule has 2 aliphatic heterocycles. The Kier molecular flexibility index (Phi) is 5.79. The molecule has 0 amide bonds. The molecule has 170 valence electrons. The van der Waals surface area contributed by atoms with Crippen molar-refractivity contribution >= 4 is 21.0 Å². The van der Waals surface area contributed by atoms with E-state index in [1.807, 2.05) is 41.2 Å². The van der Waals surface area contributed by atoms with Gasteiger partial charge in [0.05, 0.1) is 13.2 Å². The van der Waals surface area contributed by atoms with Crippen LogP contribution >= 0.6 is 0 Å². The van der Waals surface area contributed by atoms with Crippen LogP contribution in [0.4, 0.5) is 0 Å². The van der Waals surface area contributed by atoms with Gasteiger partial charge in [-0.15, -0.1) is 0 Å². The summed E-state index contributed by atoms with van der Waals surface area (Å²) in [7, 11) is -3.30. The van der Waals surface area contributed by atoms with E-state index in [1.54, 1.807) is 4.31 Å². The topological polar surface area (TPSA) is 85.0 Å². The van der Waals surface area contributed by atoms with Crippen molar-refractivity contribution in [3.63, 3.8) is 0 Å². The standard InChI is InChI=1S/C23H27N3O5S/c27-22-12-21(15-24-13-19-4-1-2-5-20(19)14-24)30-17-23(22)31-16-18-6-10-26(11-7-18)32(28,29)25-8-3-9-25/h1-2,4-5,12-14,17-18H,3,6-11,15-16H2. The van der Waals surface area contributed by atoms with Crippen LogP contribution in [-0.4, -0.2) is 54.4 Å². The average molecular weight is 458 g/mol. The SMILES string of the molecule is O=c1cc(Cn2cc3ccccc3c2)occ1OCC1CCN(S(=O)(=O)N2CCC2)CC1. The molecule has 0 N–H and O–H groups in total. The summed E-state index contributed by atoms with van der Waals surface area (Å²) in [6, 6.07) is 9.55. The number of aromatic nitrogens is 1. The summed E-state index contributed by atoms with van der Waals surface area (Å²) in [6.07, 6.45) is 7.80. The van der Waals surface area contributed by atoms with Crippen molar-refractivity contribution in [2.45, 2.75) is 25.8 Å². The fourth-order valence-corrected chi connectivity index (χ4v) is 5.95. The van der Waals surface area contributed by atoms with Crippen LogP contribution in [0.1, 0.15) is 25.0 Å². The van der Waals surface area contributed by atoms with Crippen molar-refractivity contribution in [1.29, 1.82) is 0 Å². The molecule has 32 heavy (non-hydrogen) atoms. The second-order valence-corrected chi connectivity index (χ2v) is 10.5. The van der Waals surface area contributed by atoms with Gasteiger partial charge >= 0.3 is 0 Å². The van der Waals surface area contributed by atoms with Crippen molar-refractivity contribution in [2.24, 2.45) is 5.92 Å². The molecule has 2 saturated heterocycles. The molecule has 0 bridgehead atoms. The molecular weight excluding hydrogens is 430 g/mol. The quantitative estimate of drug-likeness (QED) is 0.545. The molecule has 5 rings (SSSR count). The first-order chi connectivity index (χ1) is 15.5. The van der Waals surface area contributed by atoms with E-state index in [4.69, 9.17) is 9.15 Å². The number of rotatable bonds is 7. The Morgan fingerprint density at radius 2 is 1.66 bits per heavy atom. The molecule has 0 aliphatic carbocycles. The summed E-state index contributed by atoms with van der Waals surface area (Å²) in [4.78, 5) is 12.5. The molecule has 8 nitrogen and oxygen atoms in total.